The van der Waals surface area contributed by atoms with Crippen molar-refractivity contribution in [2.24, 2.45) is 0 Å². The zero-order valence-electron chi connectivity index (χ0n) is 11.4. The van der Waals surface area contributed by atoms with Crippen LogP contribution in [0.2, 0.25) is 0 Å². The third kappa shape index (κ3) is 3.45. The van der Waals surface area contributed by atoms with Gasteiger partial charge in [-0.25, -0.2) is 4.79 Å². The summed E-state index contributed by atoms with van der Waals surface area (Å²) in [6.07, 6.45) is 0.355. The molecule has 104 valence electrons. The third-order valence-electron chi connectivity index (χ3n) is 3.46. The zero-order valence-corrected chi connectivity index (χ0v) is 11.4. The van der Waals surface area contributed by atoms with Gasteiger partial charge < -0.3 is 14.7 Å². The second-order valence-corrected chi connectivity index (χ2v) is 5.01. The van der Waals surface area contributed by atoms with Crippen LogP contribution in [0.1, 0.15) is 12.8 Å². The minimum Gasteiger partial charge on any atom is -0.417 e. The lowest BCUT2D eigenvalue weighted by atomic mass is 10.0. The number of likely N-dealkylation sites (tertiary alicyclic amines) is 1. The molecule has 0 atom stereocenters. The topological polar surface area (TPSA) is 53.0 Å². The molecule has 0 aliphatic carbocycles. The molecule has 0 aromatic heterocycles. The Morgan fingerprint density at radius 1 is 1.32 bits per heavy atom. The van der Waals surface area contributed by atoms with Gasteiger partial charge in [0.2, 0.25) is 5.79 Å². The summed E-state index contributed by atoms with van der Waals surface area (Å²) >= 11 is 0. The average Bonchev–Trinajstić information content (AvgIpc) is 2.42. The normalized spacial score (nSPS) is 18.9. The number of para-hydroxylation sites is 1. The number of rotatable bonds is 2. The van der Waals surface area contributed by atoms with Crippen LogP contribution in [0.15, 0.2) is 30.3 Å². The van der Waals surface area contributed by atoms with Gasteiger partial charge in [-0.15, -0.1) is 0 Å². The Morgan fingerprint density at radius 3 is 2.47 bits per heavy atom. The Balaban J connectivity index is 1.97. The van der Waals surface area contributed by atoms with E-state index in [9.17, 15) is 9.90 Å². The number of carbonyl (C=O) groups is 1. The van der Waals surface area contributed by atoms with Crippen molar-refractivity contribution in [3.63, 3.8) is 0 Å². The largest absolute Gasteiger partial charge is 0.417 e. The smallest absolute Gasteiger partial charge is 0.416 e. The lowest BCUT2D eigenvalue weighted by Crippen LogP contribution is -2.47. The molecule has 2 rings (SSSR count). The molecule has 1 fully saturated rings. The lowest BCUT2D eigenvalue weighted by molar-refractivity contribution is -0.185. The molecule has 0 radical (unpaired) electrons. The highest BCUT2D eigenvalue weighted by molar-refractivity contribution is 5.87. The highest BCUT2D eigenvalue weighted by atomic mass is 16.7. The van der Waals surface area contributed by atoms with Gasteiger partial charge in [0, 0.05) is 38.7 Å². The van der Waals surface area contributed by atoms with Gasteiger partial charge in [-0.05, 0) is 19.2 Å². The number of aliphatic hydroxyl groups is 1. The Labute approximate surface area is 113 Å². The molecular weight excluding hydrogens is 244 g/mol. The summed E-state index contributed by atoms with van der Waals surface area (Å²) in [6.45, 7) is 1.44. The molecule has 0 saturated carbocycles. The number of hydrogen-bond acceptors (Lipinski definition) is 4. The van der Waals surface area contributed by atoms with Crippen LogP contribution in [0, 0.1) is 0 Å². The van der Waals surface area contributed by atoms with Gasteiger partial charge in [0.05, 0.1) is 0 Å². The molecule has 1 amide bonds. The van der Waals surface area contributed by atoms with E-state index < -0.39 is 11.9 Å². The van der Waals surface area contributed by atoms with Crippen molar-refractivity contribution in [3.05, 3.63) is 30.3 Å². The first-order chi connectivity index (χ1) is 9.00. The van der Waals surface area contributed by atoms with E-state index in [4.69, 9.17) is 4.74 Å². The number of piperidine rings is 1. The predicted octanol–water partition coefficient (Wildman–Crippen LogP) is 1.67. The molecule has 5 nitrogen and oxygen atoms in total. The molecular formula is C14H20N2O3. The number of benzene rings is 1. The van der Waals surface area contributed by atoms with Crippen molar-refractivity contribution in [1.82, 2.24) is 4.90 Å². The zero-order chi connectivity index (χ0) is 13.9. The third-order valence-corrected chi connectivity index (χ3v) is 3.46. The molecule has 1 aliphatic rings. The average molecular weight is 264 g/mol. The first-order valence-electron chi connectivity index (χ1n) is 6.43. The molecule has 1 aliphatic heterocycles. The van der Waals surface area contributed by atoms with Gasteiger partial charge in [0.15, 0.2) is 0 Å². The standard InChI is InChI=1S/C14H20N2O3/c1-15-10-8-14(18,9-11-15)19-13(17)16(2)12-6-4-3-5-7-12/h3-7,18H,8-11H2,1-2H3. The van der Waals surface area contributed by atoms with Gasteiger partial charge in [-0.3, -0.25) is 4.90 Å². The second kappa shape index (κ2) is 5.59. The molecule has 19 heavy (non-hydrogen) atoms. The van der Waals surface area contributed by atoms with Crippen molar-refractivity contribution in [3.8, 4) is 0 Å². The van der Waals surface area contributed by atoms with Crippen molar-refractivity contribution in [1.29, 1.82) is 0 Å². The Kier molecular flexibility index (Phi) is 4.07. The fourth-order valence-electron chi connectivity index (χ4n) is 2.06. The number of nitrogens with zero attached hydrogens (tertiary/aromatic N) is 2. The van der Waals surface area contributed by atoms with Crippen molar-refractivity contribution in [2.75, 3.05) is 32.1 Å². The number of carbonyl (C=O) groups excluding carboxylic acids is 1. The van der Waals surface area contributed by atoms with E-state index in [0.717, 1.165) is 18.8 Å². The van der Waals surface area contributed by atoms with Gasteiger partial charge in [-0.1, -0.05) is 18.2 Å². The highest BCUT2D eigenvalue weighted by Gasteiger charge is 2.36. The van der Waals surface area contributed by atoms with Crippen molar-refractivity contribution < 1.29 is 14.6 Å². The molecule has 1 aromatic rings. The molecule has 0 unspecified atom stereocenters. The summed E-state index contributed by atoms with van der Waals surface area (Å²) in [4.78, 5) is 15.5. The molecule has 0 spiro atoms. The minimum absolute atomic E-state index is 0.442. The quantitative estimate of drug-likeness (QED) is 0.826. The fraction of sp³-hybridized carbons (Fsp3) is 0.500. The van der Waals surface area contributed by atoms with Crippen LogP contribution < -0.4 is 4.90 Å². The summed E-state index contributed by atoms with van der Waals surface area (Å²) in [6, 6.07) is 9.22. The molecule has 0 bridgehead atoms. The van der Waals surface area contributed by atoms with E-state index in [-0.39, 0.29) is 0 Å². The summed E-state index contributed by atoms with van der Waals surface area (Å²) in [5, 5.41) is 10.3. The first-order valence-corrected chi connectivity index (χ1v) is 6.43. The van der Waals surface area contributed by atoms with Crippen LogP contribution in [0.5, 0.6) is 0 Å². The van der Waals surface area contributed by atoms with E-state index in [1.807, 2.05) is 37.4 Å². The van der Waals surface area contributed by atoms with E-state index in [2.05, 4.69) is 4.90 Å². The fourth-order valence-corrected chi connectivity index (χ4v) is 2.06. The van der Waals surface area contributed by atoms with E-state index in [1.165, 1.54) is 4.90 Å². The van der Waals surface area contributed by atoms with Gasteiger partial charge in [0.25, 0.3) is 0 Å². The maximum atomic E-state index is 12.0. The van der Waals surface area contributed by atoms with E-state index in [1.54, 1.807) is 7.05 Å². The van der Waals surface area contributed by atoms with Crippen LogP contribution in [0.25, 0.3) is 0 Å². The summed E-state index contributed by atoms with van der Waals surface area (Å²) in [5.74, 6) is -1.34. The Morgan fingerprint density at radius 2 is 1.89 bits per heavy atom. The molecule has 1 heterocycles. The van der Waals surface area contributed by atoms with Crippen LogP contribution in [0.4, 0.5) is 10.5 Å². The number of ether oxygens (including phenoxy) is 1. The SMILES string of the molecule is CN1CCC(O)(OC(=O)N(C)c2ccccc2)CC1. The minimum atomic E-state index is -1.34. The summed E-state index contributed by atoms with van der Waals surface area (Å²) < 4.78 is 5.26. The van der Waals surface area contributed by atoms with Crippen molar-refractivity contribution in [2.45, 2.75) is 18.6 Å². The molecule has 1 aromatic carbocycles. The van der Waals surface area contributed by atoms with Crippen LogP contribution in [0.3, 0.4) is 0 Å². The summed E-state index contributed by atoms with van der Waals surface area (Å²) in [5.41, 5.74) is 0.740. The summed E-state index contributed by atoms with van der Waals surface area (Å²) in [7, 11) is 3.62. The lowest BCUT2D eigenvalue weighted by Gasteiger charge is -2.36. The number of anilines is 1. The van der Waals surface area contributed by atoms with E-state index in [0.29, 0.717) is 12.8 Å². The van der Waals surface area contributed by atoms with Crippen molar-refractivity contribution >= 4 is 11.8 Å². The molecule has 1 N–H and O–H groups in total. The van der Waals surface area contributed by atoms with E-state index >= 15 is 0 Å². The first kappa shape index (κ1) is 13.8. The van der Waals surface area contributed by atoms with Crippen LogP contribution >= 0.6 is 0 Å². The second-order valence-electron chi connectivity index (χ2n) is 5.01. The Bertz CT molecular complexity index is 428. The van der Waals surface area contributed by atoms with Gasteiger partial charge in [-0.2, -0.15) is 0 Å². The number of hydrogen-bond donors (Lipinski definition) is 1. The van der Waals surface area contributed by atoms with Crippen LogP contribution in [-0.2, 0) is 4.74 Å². The maximum Gasteiger partial charge on any atom is 0.416 e. The number of amides is 1. The van der Waals surface area contributed by atoms with Gasteiger partial charge in [0.1, 0.15) is 0 Å². The van der Waals surface area contributed by atoms with Gasteiger partial charge >= 0.3 is 6.09 Å². The van der Waals surface area contributed by atoms with Crippen LogP contribution in [-0.4, -0.2) is 49.1 Å². The maximum absolute atomic E-state index is 12.0. The highest BCUT2D eigenvalue weighted by Crippen LogP contribution is 2.24. The Hall–Kier alpha value is -1.59. The monoisotopic (exact) mass is 264 g/mol. The predicted molar refractivity (Wildman–Crippen MR) is 73.0 cm³/mol. The molecule has 5 heteroatoms. The molecule has 1 saturated heterocycles.